The zero-order valence-electron chi connectivity index (χ0n) is 9.70. The van der Waals surface area contributed by atoms with Crippen LogP contribution in [0.5, 0.6) is 0 Å². The lowest BCUT2D eigenvalue weighted by molar-refractivity contribution is -0.121. The van der Waals surface area contributed by atoms with E-state index >= 15 is 0 Å². The van der Waals surface area contributed by atoms with E-state index in [0.717, 1.165) is 19.4 Å². The molecule has 15 heavy (non-hydrogen) atoms. The first-order valence-corrected chi connectivity index (χ1v) is 5.77. The van der Waals surface area contributed by atoms with Crippen LogP contribution in [0.4, 0.5) is 0 Å². The fraction of sp³-hybridized carbons (Fsp3) is 0.909. The van der Waals surface area contributed by atoms with Crippen LogP contribution in [0.3, 0.4) is 0 Å². The highest BCUT2D eigenvalue weighted by Crippen LogP contribution is 2.18. The number of hydrogen-bond donors (Lipinski definition) is 2. The van der Waals surface area contributed by atoms with Gasteiger partial charge in [0.05, 0.1) is 6.61 Å². The van der Waals surface area contributed by atoms with Gasteiger partial charge in [-0.1, -0.05) is 0 Å². The Morgan fingerprint density at radius 3 is 2.60 bits per heavy atom. The molecule has 2 N–H and O–H groups in total. The molecule has 0 atom stereocenters. The standard InChI is InChI=1S/C11H22N2O2/c1-9(2)13(7-8-14)6-5-11(15)12-10-3-4-10/h9-10,14H,3-8H2,1-2H3,(H,12,15). The third kappa shape index (κ3) is 5.14. The molecule has 1 saturated carbocycles. The molecule has 1 fully saturated rings. The molecular weight excluding hydrogens is 192 g/mol. The maximum atomic E-state index is 11.4. The Morgan fingerprint density at radius 1 is 1.47 bits per heavy atom. The zero-order chi connectivity index (χ0) is 11.3. The monoisotopic (exact) mass is 214 g/mol. The van der Waals surface area contributed by atoms with Crippen LogP contribution in [0.1, 0.15) is 33.1 Å². The molecule has 0 aromatic rings. The van der Waals surface area contributed by atoms with E-state index in [1.54, 1.807) is 0 Å². The number of carbonyl (C=O) groups excluding carboxylic acids is 1. The average molecular weight is 214 g/mol. The van der Waals surface area contributed by atoms with Crippen molar-refractivity contribution < 1.29 is 9.90 Å². The van der Waals surface area contributed by atoms with Gasteiger partial charge in [0.2, 0.25) is 5.91 Å². The minimum atomic E-state index is 0.140. The Kier molecular flexibility index (Phi) is 5.05. The van der Waals surface area contributed by atoms with Crippen LogP contribution in [0.2, 0.25) is 0 Å². The molecule has 0 aliphatic heterocycles. The number of aliphatic hydroxyl groups excluding tert-OH is 1. The highest BCUT2D eigenvalue weighted by molar-refractivity contribution is 5.76. The largest absolute Gasteiger partial charge is 0.395 e. The van der Waals surface area contributed by atoms with Crippen molar-refractivity contribution in [3.63, 3.8) is 0 Å². The smallest absolute Gasteiger partial charge is 0.221 e. The minimum absolute atomic E-state index is 0.140. The fourth-order valence-corrected chi connectivity index (χ4v) is 1.53. The van der Waals surface area contributed by atoms with E-state index in [2.05, 4.69) is 24.1 Å². The van der Waals surface area contributed by atoms with E-state index in [9.17, 15) is 4.79 Å². The second kappa shape index (κ2) is 6.08. The van der Waals surface area contributed by atoms with Gasteiger partial charge >= 0.3 is 0 Å². The van der Waals surface area contributed by atoms with Crippen LogP contribution in [0.15, 0.2) is 0 Å². The summed E-state index contributed by atoms with van der Waals surface area (Å²) in [4.78, 5) is 13.5. The summed E-state index contributed by atoms with van der Waals surface area (Å²) >= 11 is 0. The number of aliphatic hydroxyl groups is 1. The molecule has 1 amide bonds. The molecule has 1 rings (SSSR count). The van der Waals surface area contributed by atoms with Crippen LogP contribution in [-0.4, -0.2) is 47.7 Å². The maximum absolute atomic E-state index is 11.4. The molecule has 0 bridgehead atoms. The third-order valence-corrected chi connectivity index (χ3v) is 2.69. The van der Waals surface area contributed by atoms with Crippen molar-refractivity contribution in [2.75, 3.05) is 19.7 Å². The van der Waals surface area contributed by atoms with E-state index in [0.29, 0.717) is 25.0 Å². The van der Waals surface area contributed by atoms with Crippen LogP contribution in [-0.2, 0) is 4.79 Å². The molecule has 0 spiro atoms. The summed E-state index contributed by atoms with van der Waals surface area (Å²) in [6.07, 6.45) is 2.81. The van der Waals surface area contributed by atoms with Gasteiger partial charge in [-0.05, 0) is 26.7 Å². The summed E-state index contributed by atoms with van der Waals surface area (Å²) in [5.74, 6) is 0.140. The molecule has 4 nitrogen and oxygen atoms in total. The Morgan fingerprint density at radius 2 is 2.13 bits per heavy atom. The summed E-state index contributed by atoms with van der Waals surface area (Å²) in [5, 5.41) is 11.8. The van der Waals surface area contributed by atoms with Crippen LogP contribution in [0, 0.1) is 0 Å². The lowest BCUT2D eigenvalue weighted by atomic mass is 10.2. The summed E-state index contributed by atoms with van der Waals surface area (Å²) in [6.45, 7) is 5.69. The number of rotatable bonds is 7. The maximum Gasteiger partial charge on any atom is 0.221 e. The molecule has 0 saturated heterocycles. The lowest BCUT2D eigenvalue weighted by Gasteiger charge is -2.25. The van der Waals surface area contributed by atoms with Gasteiger partial charge in [-0.15, -0.1) is 0 Å². The Bertz CT molecular complexity index is 203. The molecule has 0 aromatic carbocycles. The molecule has 0 aromatic heterocycles. The molecule has 0 radical (unpaired) electrons. The molecule has 0 heterocycles. The predicted molar refractivity (Wildman–Crippen MR) is 59.6 cm³/mol. The first-order valence-electron chi connectivity index (χ1n) is 5.77. The van der Waals surface area contributed by atoms with Crippen molar-refractivity contribution in [3.05, 3.63) is 0 Å². The van der Waals surface area contributed by atoms with Gasteiger partial charge in [0.1, 0.15) is 0 Å². The lowest BCUT2D eigenvalue weighted by Crippen LogP contribution is -2.37. The van der Waals surface area contributed by atoms with Crippen molar-refractivity contribution in [2.45, 2.75) is 45.2 Å². The number of nitrogens with one attached hydrogen (secondary N) is 1. The topological polar surface area (TPSA) is 52.6 Å². The van der Waals surface area contributed by atoms with E-state index in [4.69, 9.17) is 5.11 Å². The first kappa shape index (κ1) is 12.5. The van der Waals surface area contributed by atoms with Crippen molar-refractivity contribution >= 4 is 5.91 Å². The van der Waals surface area contributed by atoms with Crippen molar-refractivity contribution in [2.24, 2.45) is 0 Å². The molecule has 4 heteroatoms. The molecule has 1 aliphatic carbocycles. The average Bonchev–Trinajstić information content (AvgIpc) is 2.95. The highest BCUT2D eigenvalue weighted by atomic mass is 16.3. The summed E-state index contributed by atoms with van der Waals surface area (Å²) in [6, 6.07) is 0.828. The Balaban J connectivity index is 2.16. The SMILES string of the molecule is CC(C)N(CCO)CCC(=O)NC1CC1. The first-order chi connectivity index (χ1) is 7.13. The molecular formula is C11H22N2O2. The highest BCUT2D eigenvalue weighted by Gasteiger charge is 2.23. The summed E-state index contributed by atoms with van der Waals surface area (Å²) in [7, 11) is 0. The van der Waals surface area contributed by atoms with Crippen LogP contribution < -0.4 is 5.32 Å². The van der Waals surface area contributed by atoms with Gasteiger partial charge in [-0.3, -0.25) is 9.69 Å². The minimum Gasteiger partial charge on any atom is -0.395 e. The normalized spacial score (nSPS) is 16.1. The number of hydrogen-bond acceptors (Lipinski definition) is 3. The van der Waals surface area contributed by atoms with Gasteiger partial charge in [-0.2, -0.15) is 0 Å². The van der Waals surface area contributed by atoms with Gasteiger partial charge < -0.3 is 10.4 Å². The van der Waals surface area contributed by atoms with Gasteiger partial charge in [-0.25, -0.2) is 0 Å². The molecule has 1 aliphatic rings. The van der Waals surface area contributed by atoms with Crippen molar-refractivity contribution in [1.82, 2.24) is 10.2 Å². The van der Waals surface area contributed by atoms with Crippen molar-refractivity contribution in [1.29, 1.82) is 0 Å². The molecule has 88 valence electrons. The van der Waals surface area contributed by atoms with Gasteiger partial charge in [0, 0.05) is 31.6 Å². The van der Waals surface area contributed by atoms with Crippen LogP contribution in [0.25, 0.3) is 0 Å². The fourth-order valence-electron chi connectivity index (χ4n) is 1.53. The van der Waals surface area contributed by atoms with Crippen LogP contribution >= 0.6 is 0 Å². The van der Waals surface area contributed by atoms with E-state index in [-0.39, 0.29) is 12.5 Å². The van der Waals surface area contributed by atoms with E-state index in [1.165, 1.54) is 0 Å². The van der Waals surface area contributed by atoms with Gasteiger partial charge in [0.15, 0.2) is 0 Å². The van der Waals surface area contributed by atoms with Crippen molar-refractivity contribution in [3.8, 4) is 0 Å². The second-order valence-electron chi connectivity index (χ2n) is 4.45. The Labute approximate surface area is 91.6 Å². The number of carbonyl (C=O) groups is 1. The zero-order valence-corrected chi connectivity index (χ0v) is 9.70. The van der Waals surface area contributed by atoms with E-state index in [1.807, 2.05) is 0 Å². The number of nitrogens with zero attached hydrogens (tertiary/aromatic N) is 1. The summed E-state index contributed by atoms with van der Waals surface area (Å²) in [5.41, 5.74) is 0. The predicted octanol–water partition coefficient (Wildman–Crippen LogP) is 0.358. The Hall–Kier alpha value is -0.610. The third-order valence-electron chi connectivity index (χ3n) is 2.69. The quantitative estimate of drug-likeness (QED) is 0.643. The molecule has 0 unspecified atom stereocenters. The second-order valence-corrected chi connectivity index (χ2v) is 4.45. The number of amides is 1. The van der Waals surface area contributed by atoms with Gasteiger partial charge in [0.25, 0.3) is 0 Å². The summed E-state index contributed by atoms with van der Waals surface area (Å²) < 4.78 is 0. The van der Waals surface area contributed by atoms with E-state index < -0.39 is 0 Å².